The molecule has 0 aromatic carbocycles. The molecule has 1 fully saturated rings. The number of nitrogens with one attached hydrogen (secondary N) is 1. The number of carbonyl (C=O) groups is 1. The highest BCUT2D eigenvalue weighted by Crippen LogP contribution is 2.30. The SMILES string of the molecule is CC(C)NC(=O)C1CCC(N)(C#N)CC1. The standard InChI is InChI=1S/C11H19N3O/c1-8(2)14-10(15)9-3-5-11(13,7-12)6-4-9/h8-9H,3-6,13H2,1-2H3,(H,14,15). The third-order valence-corrected chi connectivity index (χ3v) is 2.90. The van der Waals surface area contributed by atoms with Crippen LogP contribution in [0.25, 0.3) is 0 Å². The van der Waals surface area contributed by atoms with Crippen molar-refractivity contribution < 1.29 is 4.79 Å². The summed E-state index contributed by atoms with van der Waals surface area (Å²) in [4.78, 5) is 11.7. The molecule has 1 saturated carbocycles. The normalized spacial score (nSPS) is 31.0. The molecular formula is C11H19N3O. The van der Waals surface area contributed by atoms with Crippen molar-refractivity contribution >= 4 is 5.91 Å². The Labute approximate surface area is 90.8 Å². The lowest BCUT2D eigenvalue weighted by atomic mass is 9.77. The summed E-state index contributed by atoms with van der Waals surface area (Å²) in [5, 5.41) is 11.7. The van der Waals surface area contributed by atoms with Crippen LogP contribution in [0.3, 0.4) is 0 Å². The number of nitrogens with two attached hydrogens (primary N) is 1. The molecule has 0 bridgehead atoms. The van der Waals surface area contributed by atoms with Gasteiger partial charge < -0.3 is 11.1 Å². The maximum atomic E-state index is 11.7. The van der Waals surface area contributed by atoms with E-state index in [0.29, 0.717) is 12.8 Å². The number of carbonyl (C=O) groups excluding carboxylic acids is 1. The molecule has 1 aliphatic rings. The first-order valence-corrected chi connectivity index (χ1v) is 5.47. The second kappa shape index (κ2) is 4.63. The summed E-state index contributed by atoms with van der Waals surface area (Å²) in [6.07, 6.45) is 2.70. The number of rotatable bonds is 2. The highest BCUT2D eigenvalue weighted by Gasteiger charge is 2.34. The predicted molar refractivity (Wildman–Crippen MR) is 57.8 cm³/mol. The molecule has 0 aromatic heterocycles. The Bertz CT molecular complexity index is 272. The lowest BCUT2D eigenvalue weighted by Crippen LogP contribution is -2.45. The van der Waals surface area contributed by atoms with Gasteiger partial charge >= 0.3 is 0 Å². The average Bonchev–Trinajstić information content (AvgIpc) is 2.18. The summed E-state index contributed by atoms with van der Waals surface area (Å²) < 4.78 is 0. The van der Waals surface area contributed by atoms with Gasteiger partial charge in [-0.15, -0.1) is 0 Å². The highest BCUT2D eigenvalue weighted by atomic mass is 16.1. The number of nitriles is 1. The number of hydrogen-bond donors (Lipinski definition) is 2. The van der Waals surface area contributed by atoms with Crippen LogP contribution in [-0.2, 0) is 4.79 Å². The average molecular weight is 209 g/mol. The minimum atomic E-state index is -0.700. The topological polar surface area (TPSA) is 78.9 Å². The van der Waals surface area contributed by atoms with Crippen LogP contribution in [0.5, 0.6) is 0 Å². The molecule has 15 heavy (non-hydrogen) atoms. The largest absolute Gasteiger partial charge is 0.354 e. The van der Waals surface area contributed by atoms with E-state index in [1.54, 1.807) is 0 Å². The van der Waals surface area contributed by atoms with Crippen molar-refractivity contribution in [3.63, 3.8) is 0 Å². The first-order chi connectivity index (χ1) is 6.97. The quantitative estimate of drug-likeness (QED) is 0.709. The van der Waals surface area contributed by atoms with E-state index in [4.69, 9.17) is 11.0 Å². The summed E-state index contributed by atoms with van der Waals surface area (Å²) >= 11 is 0. The molecule has 84 valence electrons. The Morgan fingerprint density at radius 2 is 2.07 bits per heavy atom. The summed E-state index contributed by atoms with van der Waals surface area (Å²) in [7, 11) is 0. The molecule has 1 rings (SSSR count). The Morgan fingerprint density at radius 1 is 1.53 bits per heavy atom. The molecule has 3 N–H and O–H groups in total. The van der Waals surface area contributed by atoms with Gasteiger partial charge in [0.2, 0.25) is 5.91 Å². The molecule has 1 aliphatic carbocycles. The molecule has 0 unspecified atom stereocenters. The Morgan fingerprint density at radius 3 is 2.47 bits per heavy atom. The van der Waals surface area contributed by atoms with E-state index in [-0.39, 0.29) is 17.9 Å². The molecule has 0 aliphatic heterocycles. The smallest absolute Gasteiger partial charge is 0.223 e. The van der Waals surface area contributed by atoms with E-state index in [2.05, 4.69) is 11.4 Å². The van der Waals surface area contributed by atoms with Crippen molar-refractivity contribution in [2.24, 2.45) is 11.7 Å². The summed E-state index contributed by atoms with van der Waals surface area (Å²) in [5.74, 6) is 0.141. The van der Waals surface area contributed by atoms with Crippen LogP contribution >= 0.6 is 0 Å². The molecular weight excluding hydrogens is 190 g/mol. The van der Waals surface area contributed by atoms with Gasteiger partial charge in [0.1, 0.15) is 5.54 Å². The van der Waals surface area contributed by atoms with Gasteiger partial charge in [0.05, 0.1) is 6.07 Å². The Balaban J connectivity index is 2.44. The van der Waals surface area contributed by atoms with Crippen molar-refractivity contribution in [2.45, 2.75) is 51.1 Å². The van der Waals surface area contributed by atoms with E-state index in [1.807, 2.05) is 13.8 Å². The van der Waals surface area contributed by atoms with Crippen LogP contribution in [0.2, 0.25) is 0 Å². The fourth-order valence-electron chi connectivity index (χ4n) is 1.91. The molecule has 0 heterocycles. The Kier molecular flexibility index (Phi) is 3.70. The Hall–Kier alpha value is -1.08. The zero-order valence-electron chi connectivity index (χ0n) is 9.42. The van der Waals surface area contributed by atoms with E-state index >= 15 is 0 Å². The lowest BCUT2D eigenvalue weighted by Gasteiger charge is -2.31. The van der Waals surface area contributed by atoms with Crippen LogP contribution in [0, 0.1) is 17.2 Å². The van der Waals surface area contributed by atoms with Crippen molar-refractivity contribution in [3.8, 4) is 6.07 Å². The van der Waals surface area contributed by atoms with Gasteiger partial charge in [-0.25, -0.2) is 0 Å². The van der Waals surface area contributed by atoms with Gasteiger partial charge in [-0.1, -0.05) is 0 Å². The number of nitrogens with zero attached hydrogens (tertiary/aromatic N) is 1. The zero-order valence-corrected chi connectivity index (χ0v) is 9.42. The van der Waals surface area contributed by atoms with E-state index in [1.165, 1.54) is 0 Å². The second-order valence-electron chi connectivity index (χ2n) is 4.71. The first kappa shape index (κ1) is 12.0. The predicted octanol–water partition coefficient (Wildman–Crippen LogP) is 0.922. The van der Waals surface area contributed by atoms with Crippen LogP contribution < -0.4 is 11.1 Å². The van der Waals surface area contributed by atoms with E-state index < -0.39 is 5.54 Å². The maximum absolute atomic E-state index is 11.7. The van der Waals surface area contributed by atoms with E-state index in [9.17, 15) is 4.79 Å². The highest BCUT2D eigenvalue weighted by molar-refractivity contribution is 5.79. The fraction of sp³-hybridized carbons (Fsp3) is 0.818. The molecule has 4 nitrogen and oxygen atoms in total. The first-order valence-electron chi connectivity index (χ1n) is 5.47. The number of amides is 1. The fourth-order valence-corrected chi connectivity index (χ4v) is 1.91. The molecule has 0 spiro atoms. The lowest BCUT2D eigenvalue weighted by molar-refractivity contribution is -0.126. The molecule has 0 radical (unpaired) electrons. The minimum absolute atomic E-state index is 0.0393. The second-order valence-corrected chi connectivity index (χ2v) is 4.71. The molecule has 1 amide bonds. The monoisotopic (exact) mass is 209 g/mol. The minimum Gasteiger partial charge on any atom is -0.354 e. The van der Waals surface area contributed by atoms with Crippen molar-refractivity contribution in [3.05, 3.63) is 0 Å². The maximum Gasteiger partial charge on any atom is 0.223 e. The number of hydrogen-bond acceptors (Lipinski definition) is 3. The summed E-state index contributed by atoms with van der Waals surface area (Å²) in [6, 6.07) is 2.31. The van der Waals surface area contributed by atoms with Crippen LogP contribution in [-0.4, -0.2) is 17.5 Å². The van der Waals surface area contributed by atoms with Crippen LogP contribution in [0.1, 0.15) is 39.5 Å². The van der Waals surface area contributed by atoms with Crippen molar-refractivity contribution in [1.29, 1.82) is 5.26 Å². The summed E-state index contributed by atoms with van der Waals surface area (Å²) in [6.45, 7) is 3.90. The van der Waals surface area contributed by atoms with Gasteiger partial charge in [-0.05, 0) is 39.5 Å². The zero-order chi connectivity index (χ0) is 11.5. The van der Waals surface area contributed by atoms with Gasteiger partial charge in [0, 0.05) is 12.0 Å². The third-order valence-electron chi connectivity index (χ3n) is 2.90. The van der Waals surface area contributed by atoms with Crippen molar-refractivity contribution in [1.82, 2.24) is 5.32 Å². The molecule has 0 saturated heterocycles. The van der Waals surface area contributed by atoms with Gasteiger partial charge in [-0.3, -0.25) is 4.79 Å². The third kappa shape index (κ3) is 3.21. The van der Waals surface area contributed by atoms with Crippen molar-refractivity contribution in [2.75, 3.05) is 0 Å². The van der Waals surface area contributed by atoms with Gasteiger partial charge in [-0.2, -0.15) is 5.26 Å². The summed E-state index contributed by atoms with van der Waals surface area (Å²) in [5.41, 5.74) is 5.13. The van der Waals surface area contributed by atoms with E-state index in [0.717, 1.165) is 12.8 Å². The van der Waals surface area contributed by atoms with Gasteiger partial charge in [0.15, 0.2) is 0 Å². The van der Waals surface area contributed by atoms with Gasteiger partial charge in [0.25, 0.3) is 0 Å². The van der Waals surface area contributed by atoms with Crippen LogP contribution in [0.4, 0.5) is 0 Å². The molecule has 0 atom stereocenters. The molecule has 0 aromatic rings. The van der Waals surface area contributed by atoms with Crippen LogP contribution in [0.15, 0.2) is 0 Å². The molecule has 4 heteroatoms.